The van der Waals surface area contributed by atoms with Crippen LogP contribution in [0.5, 0.6) is 0 Å². The molecule has 0 aliphatic carbocycles. The first kappa shape index (κ1) is 14.6. The third kappa shape index (κ3) is 3.87. The van der Waals surface area contributed by atoms with Gasteiger partial charge in [0.25, 0.3) is 0 Å². The molecule has 21 heavy (non-hydrogen) atoms. The monoisotopic (exact) mass is 303 g/mol. The van der Waals surface area contributed by atoms with Crippen LogP contribution >= 0.6 is 11.3 Å². The fraction of sp³-hybridized carbons (Fsp3) is 0.500. The van der Waals surface area contributed by atoms with Crippen molar-refractivity contribution in [1.29, 1.82) is 0 Å². The van der Waals surface area contributed by atoms with Gasteiger partial charge in [0.05, 0.1) is 11.4 Å². The van der Waals surface area contributed by atoms with Crippen molar-refractivity contribution in [2.24, 2.45) is 5.92 Å². The van der Waals surface area contributed by atoms with E-state index in [1.54, 1.807) is 11.3 Å². The Morgan fingerprint density at radius 3 is 3.00 bits per heavy atom. The largest absolute Gasteiger partial charge is 0.381 e. The quantitative estimate of drug-likeness (QED) is 0.922. The van der Waals surface area contributed by atoms with E-state index in [2.05, 4.69) is 27.6 Å². The standard InChI is InChI=1S/C16H21N3OS/c1-12(13-5-8-20-9-6-13)18-10-14-11-21-16(19-14)15-4-2-3-7-17-15/h2-4,7,11-13,18H,5-6,8-10H2,1H3. The Bertz CT molecular complexity index is 552. The van der Waals surface area contributed by atoms with E-state index in [9.17, 15) is 0 Å². The summed E-state index contributed by atoms with van der Waals surface area (Å²) in [6, 6.07) is 6.43. The Hall–Kier alpha value is -1.30. The fourth-order valence-electron chi connectivity index (χ4n) is 2.64. The average Bonchev–Trinajstić information content (AvgIpc) is 3.03. The molecule has 1 aliphatic heterocycles. The van der Waals surface area contributed by atoms with Crippen molar-refractivity contribution in [3.8, 4) is 10.7 Å². The SMILES string of the molecule is CC(NCc1csc(-c2ccccn2)n1)C1CCOCC1. The number of rotatable bonds is 5. The van der Waals surface area contributed by atoms with Gasteiger partial charge in [0.1, 0.15) is 5.01 Å². The molecule has 0 saturated carbocycles. The van der Waals surface area contributed by atoms with Crippen LogP contribution < -0.4 is 5.32 Å². The van der Waals surface area contributed by atoms with E-state index in [0.29, 0.717) is 12.0 Å². The zero-order valence-corrected chi connectivity index (χ0v) is 13.1. The lowest BCUT2D eigenvalue weighted by Crippen LogP contribution is -2.36. The van der Waals surface area contributed by atoms with E-state index in [-0.39, 0.29) is 0 Å². The maximum atomic E-state index is 5.42. The smallest absolute Gasteiger partial charge is 0.142 e. The number of nitrogens with one attached hydrogen (secondary N) is 1. The Labute approximate surface area is 129 Å². The summed E-state index contributed by atoms with van der Waals surface area (Å²) in [6.07, 6.45) is 4.12. The molecule has 5 heteroatoms. The third-order valence-corrected chi connectivity index (χ3v) is 4.93. The number of nitrogens with zero attached hydrogens (tertiary/aromatic N) is 2. The highest BCUT2D eigenvalue weighted by Crippen LogP contribution is 2.22. The van der Waals surface area contributed by atoms with Gasteiger partial charge >= 0.3 is 0 Å². The van der Waals surface area contributed by atoms with Gasteiger partial charge in [0.2, 0.25) is 0 Å². The zero-order valence-electron chi connectivity index (χ0n) is 12.3. The highest BCUT2D eigenvalue weighted by atomic mass is 32.1. The molecular formula is C16H21N3OS. The van der Waals surface area contributed by atoms with Gasteiger partial charge in [-0.3, -0.25) is 4.98 Å². The van der Waals surface area contributed by atoms with Gasteiger partial charge in [-0.05, 0) is 37.8 Å². The van der Waals surface area contributed by atoms with Gasteiger partial charge in [0, 0.05) is 37.4 Å². The molecule has 3 heterocycles. The summed E-state index contributed by atoms with van der Waals surface area (Å²) < 4.78 is 5.42. The normalized spacial score (nSPS) is 17.8. The molecule has 2 aromatic rings. The third-order valence-electron chi connectivity index (χ3n) is 4.01. The molecule has 0 bridgehead atoms. The minimum atomic E-state index is 0.508. The molecule has 0 spiro atoms. The first-order valence-electron chi connectivity index (χ1n) is 7.50. The van der Waals surface area contributed by atoms with Gasteiger partial charge in [-0.2, -0.15) is 0 Å². The summed E-state index contributed by atoms with van der Waals surface area (Å²) in [5.41, 5.74) is 2.05. The van der Waals surface area contributed by atoms with Crippen LogP contribution in [0.25, 0.3) is 10.7 Å². The van der Waals surface area contributed by atoms with Crippen molar-refractivity contribution in [2.75, 3.05) is 13.2 Å². The van der Waals surface area contributed by atoms with Gasteiger partial charge < -0.3 is 10.1 Å². The molecule has 3 rings (SSSR count). The number of hydrogen-bond acceptors (Lipinski definition) is 5. The number of pyridine rings is 1. The Morgan fingerprint density at radius 1 is 1.38 bits per heavy atom. The number of aromatic nitrogens is 2. The van der Waals surface area contributed by atoms with E-state index in [1.165, 1.54) is 0 Å². The molecule has 1 fully saturated rings. The van der Waals surface area contributed by atoms with E-state index in [0.717, 1.165) is 49.0 Å². The topological polar surface area (TPSA) is 47.0 Å². The first-order valence-corrected chi connectivity index (χ1v) is 8.38. The van der Waals surface area contributed by atoms with E-state index in [4.69, 9.17) is 4.74 Å². The number of thiazole rings is 1. The Kier molecular flexibility index (Phi) is 4.95. The molecule has 2 aromatic heterocycles. The maximum absolute atomic E-state index is 5.42. The summed E-state index contributed by atoms with van der Waals surface area (Å²) in [5.74, 6) is 0.715. The minimum Gasteiger partial charge on any atom is -0.381 e. The van der Waals surface area contributed by atoms with Gasteiger partial charge in [-0.15, -0.1) is 11.3 Å². The van der Waals surface area contributed by atoms with E-state index >= 15 is 0 Å². The molecule has 0 aromatic carbocycles. The lowest BCUT2D eigenvalue weighted by atomic mass is 9.93. The second-order valence-electron chi connectivity index (χ2n) is 5.48. The van der Waals surface area contributed by atoms with Crippen molar-refractivity contribution in [1.82, 2.24) is 15.3 Å². The molecule has 4 nitrogen and oxygen atoms in total. The summed E-state index contributed by atoms with van der Waals surface area (Å²) in [7, 11) is 0. The Morgan fingerprint density at radius 2 is 2.24 bits per heavy atom. The predicted octanol–water partition coefficient (Wildman–Crippen LogP) is 3.11. The second-order valence-corrected chi connectivity index (χ2v) is 6.34. The van der Waals surface area contributed by atoms with Crippen LogP contribution in [0.1, 0.15) is 25.5 Å². The van der Waals surface area contributed by atoms with Crippen molar-refractivity contribution < 1.29 is 4.74 Å². The average molecular weight is 303 g/mol. The summed E-state index contributed by atoms with van der Waals surface area (Å²) >= 11 is 1.66. The van der Waals surface area contributed by atoms with Crippen molar-refractivity contribution in [3.05, 3.63) is 35.5 Å². The molecule has 112 valence electrons. The summed E-state index contributed by atoms with van der Waals surface area (Å²) in [5, 5.41) is 6.71. The van der Waals surface area contributed by atoms with Crippen LogP contribution in [0.2, 0.25) is 0 Å². The van der Waals surface area contributed by atoms with Crippen LogP contribution in [0.3, 0.4) is 0 Å². The van der Waals surface area contributed by atoms with Gasteiger partial charge in [-0.1, -0.05) is 6.07 Å². The molecular weight excluding hydrogens is 282 g/mol. The molecule has 0 amide bonds. The van der Waals surface area contributed by atoms with Crippen molar-refractivity contribution in [3.63, 3.8) is 0 Å². The van der Waals surface area contributed by atoms with Crippen LogP contribution in [0.15, 0.2) is 29.8 Å². The van der Waals surface area contributed by atoms with Crippen LogP contribution in [-0.4, -0.2) is 29.2 Å². The molecule has 1 saturated heterocycles. The lowest BCUT2D eigenvalue weighted by Gasteiger charge is -2.28. The number of hydrogen-bond donors (Lipinski definition) is 1. The molecule has 0 radical (unpaired) electrons. The van der Waals surface area contributed by atoms with Crippen LogP contribution in [0, 0.1) is 5.92 Å². The second kappa shape index (κ2) is 7.11. The maximum Gasteiger partial charge on any atom is 0.142 e. The van der Waals surface area contributed by atoms with Crippen LogP contribution in [0.4, 0.5) is 0 Å². The van der Waals surface area contributed by atoms with Crippen molar-refractivity contribution in [2.45, 2.75) is 32.4 Å². The zero-order chi connectivity index (χ0) is 14.5. The highest BCUT2D eigenvalue weighted by molar-refractivity contribution is 7.13. The first-order chi connectivity index (χ1) is 10.3. The minimum absolute atomic E-state index is 0.508. The van der Waals surface area contributed by atoms with Gasteiger partial charge in [-0.25, -0.2) is 4.98 Å². The summed E-state index contributed by atoms with van der Waals surface area (Å²) in [4.78, 5) is 9.01. The molecule has 1 unspecified atom stereocenters. The summed E-state index contributed by atoms with van der Waals surface area (Å²) in [6.45, 7) is 4.89. The lowest BCUT2D eigenvalue weighted by molar-refractivity contribution is 0.0557. The Balaban J connectivity index is 1.55. The van der Waals surface area contributed by atoms with E-state index < -0.39 is 0 Å². The van der Waals surface area contributed by atoms with Crippen molar-refractivity contribution >= 4 is 11.3 Å². The number of ether oxygens (including phenoxy) is 1. The van der Waals surface area contributed by atoms with Gasteiger partial charge in [0.15, 0.2) is 0 Å². The van der Waals surface area contributed by atoms with E-state index in [1.807, 2.05) is 24.4 Å². The molecule has 1 aliphatic rings. The fourth-order valence-corrected chi connectivity index (χ4v) is 3.44. The molecule has 1 atom stereocenters. The van der Waals surface area contributed by atoms with Crippen LogP contribution in [-0.2, 0) is 11.3 Å². The predicted molar refractivity (Wildman–Crippen MR) is 85.2 cm³/mol. The molecule has 1 N–H and O–H groups in total. The highest BCUT2D eigenvalue weighted by Gasteiger charge is 2.20.